The van der Waals surface area contributed by atoms with Crippen molar-refractivity contribution in [1.82, 2.24) is 0 Å². The van der Waals surface area contributed by atoms with Crippen molar-refractivity contribution in [3.8, 4) is 0 Å². The molecule has 1 aromatic rings. The Hall–Kier alpha value is -1.12. The fraction of sp³-hybridized carbons (Fsp3) is 0. The second-order valence-corrected chi connectivity index (χ2v) is 3.41. The Morgan fingerprint density at radius 2 is 1.79 bits per heavy atom. The molecule has 0 aliphatic heterocycles. The van der Waals surface area contributed by atoms with Gasteiger partial charge >= 0.3 is 0 Å². The van der Waals surface area contributed by atoms with E-state index in [1.165, 1.54) is 6.08 Å². The van der Waals surface area contributed by atoms with Gasteiger partial charge in [-0.05, 0) is 6.08 Å². The second-order valence-electron chi connectivity index (χ2n) is 2.84. The normalized spacial score (nSPS) is 18.0. The number of hydrogen-bond donors (Lipinski definition) is 0. The molecule has 1 aliphatic rings. The molecule has 0 saturated carbocycles. The minimum absolute atomic E-state index is 0.176. The van der Waals surface area contributed by atoms with E-state index in [9.17, 15) is 4.79 Å². The minimum Gasteiger partial charge on any atom is -0.287 e. The minimum atomic E-state index is -0.194. The molecule has 0 fully saturated rings. The van der Waals surface area contributed by atoms with Gasteiger partial charge in [0, 0.05) is 22.9 Å². The van der Waals surface area contributed by atoms with E-state index in [1.54, 1.807) is 18.2 Å². The number of allylic oxidation sites excluding steroid dienone is 1. The molecule has 0 unspecified atom stereocenters. The zero-order valence-corrected chi connectivity index (χ0v) is 8.51. The molecule has 0 saturated heterocycles. The van der Waals surface area contributed by atoms with E-state index in [4.69, 9.17) is 23.4 Å². The third kappa shape index (κ3) is 1.37. The quantitative estimate of drug-likeness (QED) is 0.668. The van der Waals surface area contributed by atoms with Gasteiger partial charge in [-0.2, -0.15) is 4.51 Å². The highest BCUT2D eigenvalue weighted by atomic mass is 35.5. The highest BCUT2D eigenvalue weighted by Crippen LogP contribution is 2.28. The molecule has 0 atom stereocenters. The van der Waals surface area contributed by atoms with Crippen LogP contribution in [-0.4, -0.2) is 11.5 Å². The van der Waals surface area contributed by atoms with Crippen LogP contribution in [0.25, 0.3) is 5.03 Å². The topological polar surface area (TPSA) is 29.4 Å². The standard InChI is InChI=1S/C10H5Cl2NO/c11-8-5-9(13-12)10(14)7-4-2-1-3-6(7)8/h1-5H. The number of Topliss-reactive ketones (excluding diaryl/α,β-unsaturated/α-hetero) is 1. The predicted octanol–water partition coefficient (Wildman–Crippen LogP) is 3.06. The van der Waals surface area contributed by atoms with Crippen LogP contribution in [0, 0.1) is 0 Å². The highest BCUT2D eigenvalue weighted by molar-refractivity contribution is 6.62. The van der Waals surface area contributed by atoms with Crippen molar-refractivity contribution in [1.29, 1.82) is 0 Å². The van der Waals surface area contributed by atoms with E-state index in [-0.39, 0.29) is 11.5 Å². The lowest BCUT2D eigenvalue weighted by molar-refractivity contribution is 0.106. The van der Waals surface area contributed by atoms with Gasteiger partial charge in [-0.25, -0.2) is 0 Å². The summed E-state index contributed by atoms with van der Waals surface area (Å²) in [5.74, 6) is -0.194. The first-order valence-electron chi connectivity index (χ1n) is 3.94. The number of benzene rings is 1. The molecular weight excluding hydrogens is 221 g/mol. The molecule has 4 heteroatoms. The monoisotopic (exact) mass is 225 g/mol. The Morgan fingerprint density at radius 1 is 1.14 bits per heavy atom. The van der Waals surface area contributed by atoms with Crippen LogP contribution >= 0.6 is 23.4 Å². The number of rotatable bonds is 0. The number of fused-ring (bicyclic) bond motifs is 1. The van der Waals surface area contributed by atoms with Gasteiger partial charge in [0.25, 0.3) is 0 Å². The molecule has 0 aromatic heterocycles. The molecule has 1 aliphatic carbocycles. The van der Waals surface area contributed by atoms with Crippen molar-refractivity contribution in [2.75, 3.05) is 0 Å². The number of halogens is 2. The molecule has 0 radical (unpaired) electrons. The maximum absolute atomic E-state index is 11.7. The van der Waals surface area contributed by atoms with Crippen molar-refractivity contribution >= 4 is 39.9 Å². The number of carbonyl (C=O) groups excluding carboxylic acids is 1. The van der Waals surface area contributed by atoms with Crippen LogP contribution in [0.2, 0.25) is 0 Å². The van der Waals surface area contributed by atoms with Crippen LogP contribution in [0.1, 0.15) is 15.9 Å². The van der Waals surface area contributed by atoms with Crippen LogP contribution in [0.15, 0.2) is 34.9 Å². The zero-order chi connectivity index (χ0) is 10.1. The number of carbonyl (C=O) groups is 1. The van der Waals surface area contributed by atoms with Gasteiger partial charge in [0.2, 0.25) is 5.78 Å². The largest absolute Gasteiger partial charge is 0.287 e. The first-order valence-corrected chi connectivity index (χ1v) is 4.66. The van der Waals surface area contributed by atoms with Gasteiger partial charge in [0.05, 0.1) is 5.03 Å². The summed E-state index contributed by atoms with van der Waals surface area (Å²) in [6.45, 7) is 0. The highest BCUT2D eigenvalue weighted by Gasteiger charge is 2.22. The molecule has 0 amide bonds. The Bertz CT molecular complexity index is 463. The Morgan fingerprint density at radius 3 is 2.43 bits per heavy atom. The first kappa shape index (κ1) is 9.44. The average Bonchev–Trinajstić information content (AvgIpc) is 2.23. The van der Waals surface area contributed by atoms with Crippen LogP contribution in [0.5, 0.6) is 0 Å². The van der Waals surface area contributed by atoms with Crippen LogP contribution < -0.4 is 0 Å². The van der Waals surface area contributed by atoms with E-state index >= 15 is 0 Å². The maximum Gasteiger partial charge on any atom is 0.213 e. The van der Waals surface area contributed by atoms with E-state index in [0.29, 0.717) is 10.6 Å². The van der Waals surface area contributed by atoms with Crippen molar-refractivity contribution in [2.45, 2.75) is 0 Å². The molecule has 1 aromatic carbocycles. The molecule has 70 valence electrons. The maximum atomic E-state index is 11.7. The summed E-state index contributed by atoms with van der Waals surface area (Å²) in [7, 11) is 0. The van der Waals surface area contributed by atoms with Crippen molar-refractivity contribution in [3.05, 3.63) is 41.5 Å². The number of hydrogen-bond acceptors (Lipinski definition) is 2. The van der Waals surface area contributed by atoms with Gasteiger partial charge < -0.3 is 0 Å². The summed E-state index contributed by atoms with van der Waals surface area (Å²) >= 11 is 11.2. The Balaban J connectivity index is 2.69. The third-order valence-electron chi connectivity index (χ3n) is 2.02. The zero-order valence-electron chi connectivity index (χ0n) is 7.00. The Labute approximate surface area is 91.0 Å². The van der Waals surface area contributed by atoms with Gasteiger partial charge in [-0.3, -0.25) is 4.79 Å². The van der Waals surface area contributed by atoms with Crippen LogP contribution in [0.3, 0.4) is 0 Å². The molecule has 2 rings (SSSR count). The van der Waals surface area contributed by atoms with Crippen LogP contribution in [0.4, 0.5) is 0 Å². The predicted molar refractivity (Wildman–Crippen MR) is 57.9 cm³/mol. The van der Waals surface area contributed by atoms with Gasteiger partial charge in [0.1, 0.15) is 5.71 Å². The van der Waals surface area contributed by atoms with Crippen molar-refractivity contribution in [3.63, 3.8) is 0 Å². The van der Waals surface area contributed by atoms with E-state index in [0.717, 1.165) is 5.56 Å². The SMILES string of the molecule is O=C1C(=NCl)C=C(Cl)c2ccccc21. The second kappa shape index (κ2) is 3.56. The molecule has 0 spiro atoms. The van der Waals surface area contributed by atoms with E-state index in [2.05, 4.69) is 4.51 Å². The molecule has 14 heavy (non-hydrogen) atoms. The molecule has 0 bridgehead atoms. The Kier molecular flexibility index (Phi) is 2.40. The third-order valence-corrected chi connectivity index (χ3v) is 2.51. The van der Waals surface area contributed by atoms with Crippen molar-refractivity contribution < 1.29 is 4.79 Å². The van der Waals surface area contributed by atoms with Gasteiger partial charge in [-0.15, -0.1) is 0 Å². The van der Waals surface area contributed by atoms with Crippen LogP contribution in [-0.2, 0) is 0 Å². The van der Waals surface area contributed by atoms with Gasteiger partial charge in [-0.1, -0.05) is 35.9 Å². The van der Waals surface area contributed by atoms with E-state index in [1.807, 2.05) is 6.07 Å². The van der Waals surface area contributed by atoms with Gasteiger partial charge in [0.15, 0.2) is 0 Å². The molecule has 0 heterocycles. The molecule has 0 N–H and O–H groups in total. The smallest absolute Gasteiger partial charge is 0.213 e. The fourth-order valence-corrected chi connectivity index (χ4v) is 1.75. The lowest BCUT2D eigenvalue weighted by Crippen LogP contribution is -2.17. The summed E-state index contributed by atoms with van der Waals surface area (Å²) in [5, 5.41) is 0.486. The molecular formula is C10H5Cl2NO. The lowest BCUT2D eigenvalue weighted by atomic mass is 9.95. The lowest BCUT2D eigenvalue weighted by Gasteiger charge is -2.12. The fourth-order valence-electron chi connectivity index (χ4n) is 1.35. The average molecular weight is 226 g/mol. The summed E-state index contributed by atoms with van der Waals surface area (Å²) in [5.41, 5.74) is 1.44. The number of ketones is 1. The number of nitrogens with zero attached hydrogens (tertiary/aromatic N) is 1. The first-order chi connectivity index (χ1) is 6.74. The summed E-state index contributed by atoms with van der Waals surface area (Å²) in [4.78, 5) is 11.7. The summed E-state index contributed by atoms with van der Waals surface area (Å²) in [6.07, 6.45) is 1.47. The van der Waals surface area contributed by atoms with Crippen molar-refractivity contribution in [2.24, 2.45) is 4.51 Å². The molecule has 2 nitrogen and oxygen atoms in total. The van der Waals surface area contributed by atoms with E-state index < -0.39 is 0 Å². The summed E-state index contributed by atoms with van der Waals surface area (Å²) < 4.78 is 3.36. The summed E-state index contributed by atoms with van der Waals surface area (Å²) in [6, 6.07) is 7.09.